The second-order valence-corrected chi connectivity index (χ2v) is 6.41. The molecule has 96 valence electrons. The van der Waals surface area contributed by atoms with E-state index in [1.807, 2.05) is 48.5 Å². The maximum atomic E-state index is 12.3. The molecule has 3 rings (SSSR count). The molecule has 0 saturated carbocycles. The van der Waals surface area contributed by atoms with E-state index in [2.05, 4.69) is 37.2 Å². The Balaban J connectivity index is 2.19. The summed E-state index contributed by atoms with van der Waals surface area (Å²) < 4.78 is 0. The molecule has 0 fully saturated rings. The number of benzene rings is 2. The Morgan fingerprint density at radius 3 is 2.21 bits per heavy atom. The lowest BCUT2D eigenvalue weighted by atomic mass is 9.96. The summed E-state index contributed by atoms with van der Waals surface area (Å²) in [6.45, 7) is 0. The van der Waals surface area contributed by atoms with Crippen molar-refractivity contribution in [3.05, 3.63) is 65.2 Å². The summed E-state index contributed by atoms with van der Waals surface area (Å²) in [5.41, 5.74) is 3.64. The molecule has 1 heterocycles. The zero-order valence-corrected chi connectivity index (χ0v) is 13.1. The lowest BCUT2D eigenvalue weighted by Gasteiger charge is -2.25. The van der Waals surface area contributed by atoms with E-state index in [0.29, 0.717) is 5.56 Å². The summed E-state index contributed by atoms with van der Waals surface area (Å²) in [6, 6.07) is 15.5. The van der Waals surface area contributed by atoms with Crippen molar-refractivity contribution in [1.82, 2.24) is 0 Å². The number of fused-ring (bicyclic) bond motifs is 2. The van der Waals surface area contributed by atoms with Gasteiger partial charge in [-0.25, -0.2) is 0 Å². The minimum Gasteiger partial charge on any atom is -0.322 e. The first-order valence-corrected chi connectivity index (χ1v) is 7.79. The van der Waals surface area contributed by atoms with Gasteiger partial charge in [0.05, 0.1) is 9.65 Å². The van der Waals surface area contributed by atoms with Crippen molar-refractivity contribution in [2.24, 2.45) is 0 Å². The highest BCUT2D eigenvalue weighted by Crippen LogP contribution is 2.46. The van der Waals surface area contributed by atoms with Crippen molar-refractivity contribution >= 4 is 43.5 Å². The number of amides is 1. The summed E-state index contributed by atoms with van der Waals surface area (Å²) in [6.07, 6.45) is 0. The first-order chi connectivity index (χ1) is 9.18. The third-order valence-electron chi connectivity index (χ3n) is 3.27. The molecule has 4 heteroatoms. The maximum absolute atomic E-state index is 12.3. The molecule has 0 radical (unpaired) electrons. The van der Waals surface area contributed by atoms with Crippen LogP contribution in [-0.4, -0.2) is 5.91 Å². The van der Waals surface area contributed by atoms with Crippen molar-refractivity contribution in [2.75, 3.05) is 5.32 Å². The molecule has 0 bridgehead atoms. The van der Waals surface area contributed by atoms with Crippen LogP contribution in [0.25, 0.3) is 0 Å². The second-order valence-electron chi connectivity index (χ2n) is 4.43. The van der Waals surface area contributed by atoms with Gasteiger partial charge in [0.1, 0.15) is 0 Å². The number of carbonyl (C=O) groups excluding carboxylic acids is 1. The van der Waals surface area contributed by atoms with Gasteiger partial charge in [0.15, 0.2) is 0 Å². The highest BCUT2D eigenvalue weighted by molar-refractivity contribution is 9.12. The van der Waals surface area contributed by atoms with Gasteiger partial charge < -0.3 is 5.32 Å². The van der Waals surface area contributed by atoms with Crippen LogP contribution in [-0.2, 0) is 0 Å². The number of para-hydroxylation sites is 1. The second kappa shape index (κ2) is 5.10. The van der Waals surface area contributed by atoms with Crippen molar-refractivity contribution in [3.8, 4) is 0 Å². The van der Waals surface area contributed by atoms with E-state index in [9.17, 15) is 4.79 Å². The monoisotopic (exact) mass is 379 g/mol. The Bertz CT molecular complexity index is 642. The fraction of sp³-hybridized carbons (Fsp3) is 0.133. The number of carbonyl (C=O) groups is 1. The lowest BCUT2D eigenvalue weighted by molar-refractivity contribution is 0.102. The summed E-state index contributed by atoms with van der Waals surface area (Å²) in [5, 5.41) is 2.98. The van der Waals surface area contributed by atoms with Gasteiger partial charge in [-0.2, -0.15) is 0 Å². The van der Waals surface area contributed by atoms with Crippen LogP contribution < -0.4 is 5.32 Å². The average molecular weight is 381 g/mol. The number of halogens is 2. The molecule has 1 amide bonds. The van der Waals surface area contributed by atoms with Crippen LogP contribution in [0.15, 0.2) is 48.5 Å². The van der Waals surface area contributed by atoms with Crippen LogP contribution in [0.2, 0.25) is 0 Å². The normalized spacial score (nSPS) is 21.7. The van der Waals surface area contributed by atoms with Gasteiger partial charge in [-0.3, -0.25) is 4.79 Å². The summed E-state index contributed by atoms with van der Waals surface area (Å²) in [7, 11) is 0. The summed E-state index contributed by atoms with van der Waals surface area (Å²) in [5.74, 6) is -0.0631. The molecule has 2 unspecified atom stereocenters. The molecule has 2 aromatic rings. The van der Waals surface area contributed by atoms with Gasteiger partial charge in [0.2, 0.25) is 0 Å². The SMILES string of the molecule is O=C1Nc2ccccc2C(Br)C(Br)c2ccccc21. The summed E-state index contributed by atoms with van der Waals surface area (Å²) in [4.78, 5) is 12.5. The molecule has 1 N–H and O–H groups in total. The van der Waals surface area contributed by atoms with Crippen molar-refractivity contribution in [1.29, 1.82) is 0 Å². The third-order valence-corrected chi connectivity index (χ3v) is 6.02. The fourth-order valence-electron chi connectivity index (χ4n) is 2.30. The molecule has 1 aliphatic rings. The van der Waals surface area contributed by atoms with E-state index in [4.69, 9.17) is 0 Å². The summed E-state index contributed by atoms with van der Waals surface area (Å²) >= 11 is 7.44. The van der Waals surface area contributed by atoms with Crippen LogP contribution in [0.4, 0.5) is 5.69 Å². The molecule has 1 aliphatic heterocycles. The highest BCUT2D eigenvalue weighted by atomic mass is 79.9. The topological polar surface area (TPSA) is 29.1 Å². The number of nitrogens with one attached hydrogen (secondary N) is 1. The van der Waals surface area contributed by atoms with Crippen LogP contribution in [0.1, 0.15) is 31.1 Å². The quantitative estimate of drug-likeness (QED) is 0.652. The number of rotatable bonds is 0. The van der Waals surface area contributed by atoms with Crippen LogP contribution in [0.5, 0.6) is 0 Å². The van der Waals surface area contributed by atoms with Crippen LogP contribution in [0.3, 0.4) is 0 Å². The lowest BCUT2D eigenvalue weighted by Crippen LogP contribution is -2.20. The Morgan fingerprint density at radius 2 is 1.42 bits per heavy atom. The molecule has 19 heavy (non-hydrogen) atoms. The van der Waals surface area contributed by atoms with E-state index in [-0.39, 0.29) is 15.6 Å². The minimum absolute atomic E-state index is 0.0518. The van der Waals surface area contributed by atoms with Gasteiger partial charge in [-0.1, -0.05) is 68.3 Å². The molecule has 2 atom stereocenters. The fourth-order valence-corrected chi connectivity index (χ4v) is 3.67. The van der Waals surface area contributed by atoms with Crippen molar-refractivity contribution < 1.29 is 4.79 Å². The largest absolute Gasteiger partial charge is 0.322 e. The van der Waals surface area contributed by atoms with Gasteiger partial charge in [-0.15, -0.1) is 0 Å². The molecular formula is C15H11Br2NO. The Hall–Kier alpha value is -1.13. The van der Waals surface area contributed by atoms with E-state index in [1.165, 1.54) is 0 Å². The predicted molar refractivity (Wildman–Crippen MR) is 84.2 cm³/mol. The zero-order chi connectivity index (χ0) is 13.4. The van der Waals surface area contributed by atoms with E-state index >= 15 is 0 Å². The van der Waals surface area contributed by atoms with E-state index in [1.54, 1.807) is 0 Å². The van der Waals surface area contributed by atoms with Gasteiger partial charge >= 0.3 is 0 Å². The first-order valence-electron chi connectivity index (χ1n) is 5.96. The van der Waals surface area contributed by atoms with E-state index < -0.39 is 0 Å². The number of hydrogen-bond acceptors (Lipinski definition) is 1. The highest BCUT2D eigenvalue weighted by Gasteiger charge is 2.28. The van der Waals surface area contributed by atoms with Gasteiger partial charge in [0, 0.05) is 11.3 Å². The van der Waals surface area contributed by atoms with Crippen molar-refractivity contribution in [3.63, 3.8) is 0 Å². The predicted octanol–water partition coefficient (Wildman–Crippen LogP) is 4.82. The van der Waals surface area contributed by atoms with Gasteiger partial charge in [0.25, 0.3) is 5.91 Å². The molecule has 0 saturated heterocycles. The first kappa shape index (κ1) is 12.9. The number of hydrogen-bond donors (Lipinski definition) is 1. The molecular weight excluding hydrogens is 370 g/mol. The molecule has 0 aliphatic carbocycles. The maximum Gasteiger partial charge on any atom is 0.255 e. The number of alkyl halides is 2. The average Bonchev–Trinajstić information content (AvgIpc) is 2.45. The smallest absolute Gasteiger partial charge is 0.255 e. The Morgan fingerprint density at radius 1 is 0.842 bits per heavy atom. The van der Waals surface area contributed by atoms with Gasteiger partial charge in [-0.05, 0) is 23.3 Å². The number of anilines is 1. The molecule has 0 aromatic heterocycles. The van der Waals surface area contributed by atoms with Crippen molar-refractivity contribution in [2.45, 2.75) is 9.65 Å². The Labute approximate surface area is 128 Å². The minimum atomic E-state index is -0.0631. The molecule has 0 spiro atoms. The molecule has 2 nitrogen and oxygen atoms in total. The molecule has 2 aromatic carbocycles. The zero-order valence-electron chi connectivity index (χ0n) is 9.94. The third kappa shape index (κ3) is 2.23. The van der Waals surface area contributed by atoms with E-state index in [0.717, 1.165) is 16.8 Å². The Kier molecular flexibility index (Phi) is 3.46. The van der Waals surface area contributed by atoms with Crippen LogP contribution >= 0.6 is 31.9 Å². The standard InChI is InChI=1S/C15H11Br2NO/c16-13-9-5-1-2-6-10(9)15(19)18-12-8-4-3-7-11(12)14(13)17/h1-8,13-14H,(H,18,19). The van der Waals surface area contributed by atoms with Crippen LogP contribution in [0, 0.1) is 0 Å².